The minimum absolute atomic E-state index is 0.170. The molecule has 0 unspecified atom stereocenters. The Hall–Kier alpha value is -7.69. The van der Waals surface area contributed by atoms with Gasteiger partial charge in [-0.05, 0) is 5.56 Å². The summed E-state index contributed by atoms with van der Waals surface area (Å²) in [6.07, 6.45) is 0. The highest BCUT2D eigenvalue weighted by Crippen LogP contribution is 2.53. The molecule has 0 radical (unpaired) electrons. The molecule has 1 atom stereocenters. The maximum atomic E-state index is 10.1. The van der Waals surface area contributed by atoms with Crippen LogP contribution in [0.1, 0.15) is 61.6 Å². The molecule has 3 aromatic rings. The zero-order valence-electron chi connectivity index (χ0n) is 19.0. The van der Waals surface area contributed by atoms with Crippen molar-refractivity contribution in [1.82, 2.24) is 0 Å². The largest absolute Gasteiger partial charge is 0.197 e. The Morgan fingerprint density at radius 2 is 0.718 bits per heavy atom. The molecular weight excluding hydrogens is 490 g/mol. The van der Waals surface area contributed by atoms with E-state index in [0.717, 1.165) is 0 Å². The van der Waals surface area contributed by atoms with E-state index in [1.165, 1.54) is 0 Å². The predicted molar refractivity (Wildman–Crippen MR) is 126 cm³/mol. The molecule has 4 rings (SSSR count). The molecule has 168 valence electrons. The van der Waals surface area contributed by atoms with Crippen molar-refractivity contribution in [3.05, 3.63) is 61.2 Å². The van der Waals surface area contributed by atoms with E-state index in [2.05, 4.69) is 0 Å². The molecule has 0 saturated heterocycles. The molecule has 0 bridgehead atoms. The summed E-state index contributed by atoms with van der Waals surface area (Å²) in [6, 6.07) is 19.5. The average molecular weight is 491 g/mol. The van der Waals surface area contributed by atoms with E-state index >= 15 is 0 Å². The predicted octanol–water partition coefficient (Wildman–Crippen LogP) is 3.39. The van der Waals surface area contributed by atoms with E-state index < -0.39 is 50.4 Å². The molecule has 11 heteroatoms. The maximum absolute atomic E-state index is 10.1. The molecule has 11 nitrogen and oxygen atoms in total. The van der Waals surface area contributed by atoms with Gasteiger partial charge in [0.15, 0.2) is 0 Å². The van der Waals surface area contributed by atoms with Gasteiger partial charge in [-0.2, -0.15) is 57.9 Å². The van der Waals surface area contributed by atoms with Gasteiger partial charge in [0.2, 0.25) is 0 Å². The molecule has 0 heterocycles. The topological polar surface area (TPSA) is 262 Å². The van der Waals surface area contributed by atoms with Gasteiger partial charge in [-0.1, -0.05) is 0 Å². The fourth-order valence-corrected chi connectivity index (χ4v) is 5.01. The summed E-state index contributed by atoms with van der Waals surface area (Å²) in [5, 5.41) is 109. The van der Waals surface area contributed by atoms with Crippen molar-refractivity contribution in [2.24, 2.45) is 0 Å². The average Bonchev–Trinajstić information content (AvgIpc) is 3.30. The first-order chi connectivity index (χ1) is 18.9. The summed E-state index contributed by atoms with van der Waals surface area (Å²) in [4.78, 5) is 0. The minimum Gasteiger partial charge on any atom is -0.197 e. The Labute approximate surface area is 219 Å². The summed E-state index contributed by atoms with van der Waals surface area (Å²) >= 11 is 0. The standard InChI is InChI=1S/C28HN11/c29-1-12-14(3-31)19(8-36)25-23(17(12)6-34)24-18(7-35)13(2-30)15(4-32)20(9-37)26(24)28-22(11-39)16(5-33)21(10-38)27(25)28/h21H/t21-/m0/s1. The molecule has 3 aromatic carbocycles. The van der Waals surface area contributed by atoms with Gasteiger partial charge < -0.3 is 0 Å². The van der Waals surface area contributed by atoms with Crippen molar-refractivity contribution >= 4 is 27.1 Å². The molecule has 0 spiro atoms. The lowest BCUT2D eigenvalue weighted by atomic mass is 9.77. The number of allylic oxidation sites excluding steroid dienone is 2. The number of nitrogens with zero attached hydrogens (tertiary/aromatic N) is 11. The lowest BCUT2D eigenvalue weighted by Gasteiger charge is -2.20. The molecular formula is C28HN11. The quantitative estimate of drug-likeness (QED) is 0.411. The van der Waals surface area contributed by atoms with Gasteiger partial charge in [0.1, 0.15) is 60.5 Å². The molecule has 39 heavy (non-hydrogen) atoms. The number of hydrogen-bond donors (Lipinski definition) is 0. The SMILES string of the molecule is N#CC1=C(C#N)[C@H](C#N)c2c1c1c(C#N)c(C#N)c(C#N)c(C#N)c1c1c(C#N)c(C#N)c(C#N)c(C#N)c21. The van der Waals surface area contributed by atoms with Gasteiger partial charge in [0.05, 0.1) is 67.8 Å². The van der Waals surface area contributed by atoms with Gasteiger partial charge in [0.25, 0.3) is 0 Å². The third kappa shape index (κ3) is 2.73. The highest BCUT2D eigenvalue weighted by molar-refractivity contribution is 6.24. The second-order valence-electron chi connectivity index (χ2n) is 7.76. The van der Waals surface area contributed by atoms with Crippen molar-refractivity contribution in [2.45, 2.75) is 5.92 Å². The number of benzene rings is 3. The third-order valence-electron chi connectivity index (χ3n) is 6.39. The zero-order valence-corrected chi connectivity index (χ0v) is 19.0. The fourth-order valence-electron chi connectivity index (χ4n) is 5.01. The van der Waals surface area contributed by atoms with Crippen LogP contribution in [0.5, 0.6) is 0 Å². The van der Waals surface area contributed by atoms with Crippen LogP contribution in [0.2, 0.25) is 0 Å². The molecule has 0 aromatic heterocycles. The summed E-state index contributed by atoms with van der Waals surface area (Å²) in [5.74, 6) is -1.51. The Morgan fingerprint density at radius 3 is 1.05 bits per heavy atom. The van der Waals surface area contributed by atoms with E-state index in [9.17, 15) is 57.9 Å². The highest BCUT2D eigenvalue weighted by Gasteiger charge is 2.40. The smallest absolute Gasteiger partial charge is 0.109 e. The van der Waals surface area contributed by atoms with Gasteiger partial charge in [0, 0.05) is 27.1 Å². The second kappa shape index (κ2) is 8.83. The first-order valence-corrected chi connectivity index (χ1v) is 10.3. The van der Waals surface area contributed by atoms with Crippen molar-refractivity contribution in [2.75, 3.05) is 0 Å². The minimum atomic E-state index is -1.51. The molecule has 0 N–H and O–H groups in total. The lowest BCUT2D eigenvalue weighted by Crippen LogP contribution is -2.07. The van der Waals surface area contributed by atoms with E-state index in [-0.39, 0.29) is 43.8 Å². The normalized spacial score (nSPS) is 12.5. The summed E-state index contributed by atoms with van der Waals surface area (Å²) in [6.45, 7) is 0. The van der Waals surface area contributed by atoms with E-state index in [1.807, 2.05) is 12.1 Å². The van der Waals surface area contributed by atoms with Crippen molar-refractivity contribution in [1.29, 1.82) is 57.9 Å². The van der Waals surface area contributed by atoms with E-state index in [0.29, 0.717) is 0 Å². The molecule has 1 aliphatic carbocycles. The van der Waals surface area contributed by atoms with Crippen LogP contribution in [0.4, 0.5) is 0 Å². The Kier molecular flexibility index (Phi) is 5.53. The van der Waals surface area contributed by atoms with E-state index in [4.69, 9.17) is 0 Å². The van der Waals surface area contributed by atoms with Crippen LogP contribution in [0.15, 0.2) is 5.57 Å². The zero-order chi connectivity index (χ0) is 28.6. The van der Waals surface area contributed by atoms with Gasteiger partial charge in [-0.15, -0.1) is 0 Å². The van der Waals surface area contributed by atoms with Crippen LogP contribution in [0.25, 0.3) is 27.1 Å². The molecule has 1 aliphatic rings. The Balaban J connectivity index is 2.77. The first-order valence-electron chi connectivity index (χ1n) is 10.3. The van der Waals surface area contributed by atoms with Crippen molar-refractivity contribution < 1.29 is 0 Å². The Morgan fingerprint density at radius 1 is 0.359 bits per heavy atom. The van der Waals surface area contributed by atoms with Crippen LogP contribution < -0.4 is 0 Å². The van der Waals surface area contributed by atoms with Crippen LogP contribution in [0.3, 0.4) is 0 Å². The monoisotopic (exact) mass is 491 g/mol. The van der Waals surface area contributed by atoms with Gasteiger partial charge in [-0.3, -0.25) is 0 Å². The molecule has 0 amide bonds. The third-order valence-corrected chi connectivity index (χ3v) is 6.39. The van der Waals surface area contributed by atoms with Crippen molar-refractivity contribution in [3.8, 4) is 66.8 Å². The summed E-state index contributed by atoms with van der Waals surface area (Å²) in [5.41, 5.74) is -5.17. The van der Waals surface area contributed by atoms with Crippen molar-refractivity contribution in [3.63, 3.8) is 0 Å². The number of fused-ring (bicyclic) bond motifs is 6. The molecule has 0 fully saturated rings. The van der Waals surface area contributed by atoms with Crippen LogP contribution >= 0.6 is 0 Å². The number of hydrogen-bond acceptors (Lipinski definition) is 11. The summed E-state index contributed by atoms with van der Waals surface area (Å²) in [7, 11) is 0. The van der Waals surface area contributed by atoms with Gasteiger partial charge in [-0.25, -0.2) is 0 Å². The van der Waals surface area contributed by atoms with E-state index in [1.54, 1.807) is 54.6 Å². The Bertz CT molecular complexity index is 2290. The first kappa shape index (κ1) is 24.4. The summed E-state index contributed by atoms with van der Waals surface area (Å²) < 4.78 is 0. The molecule has 0 aliphatic heterocycles. The molecule has 0 saturated carbocycles. The highest BCUT2D eigenvalue weighted by atomic mass is 14.5. The fraction of sp³-hybridized carbons (Fsp3) is 0.0357. The van der Waals surface area contributed by atoms with Crippen LogP contribution in [-0.2, 0) is 0 Å². The van der Waals surface area contributed by atoms with Crippen LogP contribution in [0, 0.1) is 125 Å². The second-order valence-corrected chi connectivity index (χ2v) is 7.76. The van der Waals surface area contributed by atoms with Gasteiger partial charge >= 0.3 is 0 Å². The lowest BCUT2D eigenvalue weighted by molar-refractivity contribution is 1.09. The van der Waals surface area contributed by atoms with Crippen LogP contribution in [-0.4, -0.2) is 0 Å². The number of nitriles is 11. The maximum Gasteiger partial charge on any atom is 0.109 e. The number of rotatable bonds is 0.